The van der Waals surface area contributed by atoms with Gasteiger partial charge >= 0.3 is 0 Å². The van der Waals surface area contributed by atoms with Crippen LogP contribution in [0.25, 0.3) is 0 Å². The lowest BCUT2D eigenvalue weighted by Gasteiger charge is -1.95. The molecule has 2 rings (SSSR count). The molecule has 1 atom stereocenters. The fraction of sp³-hybridized carbons (Fsp3) is 0.500. The third kappa shape index (κ3) is 2.17. The fourth-order valence-corrected chi connectivity index (χ4v) is 2.42. The predicted molar refractivity (Wildman–Crippen MR) is 53.9 cm³/mol. The minimum absolute atomic E-state index is 0.212. The molecule has 1 aliphatic rings. The van der Waals surface area contributed by atoms with E-state index >= 15 is 0 Å². The van der Waals surface area contributed by atoms with Gasteiger partial charge in [0.1, 0.15) is 0 Å². The zero-order chi connectivity index (χ0) is 9.26. The summed E-state index contributed by atoms with van der Waals surface area (Å²) in [7, 11) is 0. The Bertz CT molecular complexity index is 329. The molecule has 1 N–H and O–H groups in total. The molecule has 0 bridgehead atoms. The van der Waals surface area contributed by atoms with Crippen LogP contribution in [0.3, 0.4) is 0 Å². The van der Waals surface area contributed by atoms with Crippen molar-refractivity contribution in [3.63, 3.8) is 0 Å². The maximum Gasteiger partial charge on any atom is 0.0968 e. The maximum absolute atomic E-state index is 9.29. The Balaban J connectivity index is 2.02. The Morgan fingerprint density at radius 1 is 1.69 bits per heavy atom. The smallest absolute Gasteiger partial charge is 0.0968 e. The summed E-state index contributed by atoms with van der Waals surface area (Å²) in [6.45, 7) is 2.01. The van der Waals surface area contributed by atoms with E-state index in [4.69, 9.17) is 0 Å². The van der Waals surface area contributed by atoms with Crippen LogP contribution in [0, 0.1) is 6.92 Å². The SMILES string of the molecule is Cc1csc(CC2=CC(O)CC2)n1. The van der Waals surface area contributed by atoms with Crippen LogP contribution >= 0.6 is 11.3 Å². The van der Waals surface area contributed by atoms with Gasteiger partial charge in [-0.25, -0.2) is 4.98 Å². The molecule has 0 aliphatic heterocycles. The molecule has 0 saturated carbocycles. The second-order valence-corrected chi connectivity index (χ2v) is 4.43. The molecule has 1 aromatic rings. The van der Waals surface area contributed by atoms with E-state index in [-0.39, 0.29) is 6.10 Å². The summed E-state index contributed by atoms with van der Waals surface area (Å²) in [4.78, 5) is 4.40. The third-order valence-corrected chi connectivity index (χ3v) is 3.20. The molecule has 0 radical (unpaired) electrons. The van der Waals surface area contributed by atoms with Crippen LogP contribution in [0.15, 0.2) is 17.0 Å². The van der Waals surface area contributed by atoms with Gasteiger partial charge in [-0.05, 0) is 19.8 Å². The van der Waals surface area contributed by atoms with E-state index in [2.05, 4.69) is 10.4 Å². The van der Waals surface area contributed by atoms with Gasteiger partial charge in [0.15, 0.2) is 0 Å². The summed E-state index contributed by atoms with van der Waals surface area (Å²) < 4.78 is 0. The van der Waals surface area contributed by atoms with E-state index in [0.29, 0.717) is 0 Å². The van der Waals surface area contributed by atoms with E-state index in [9.17, 15) is 5.11 Å². The molecule has 13 heavy (non-hydrogen) atoms. The van der Waals surface area contributed by atoms with Gasteiger partial charge < -0.3 is 5.11 Å². The minimum Gasteiger partial charge on any atom is -0.389 e. The van der Waals surface area contributed by atoms with Crippen molar-refractivity contribution in [2.45, 2.75) is 32.3 Å². The summed E-state index contributed by atoms with van der Waals surface area (Å²) in [5.74, 6) is 0. The highest BCUT2D eigenvalue weighted by atomic mass is 32.1. The van der Waals surface area contributed by atoms with Gasteiger partial charge in [-0.2, -0.15) is 0 Å². The van der Waals surface area contributed by atoms with E-state index < -0.39 is 0 Å². The lowest BCUT2D eigenvalue weighted by atomic mass is 10.2. The number of thiazole rings is 1. The zero-order valence-electron chi connectivity index (χ0n) is 7.66. The molecule has 1 aliphatic carbocycles. The average Bonchev–Trinajstić information content (AvgIpc) is 2.62. The van der Waals surface area contributed by atoms with Crippen molar-refractivity contribution in [3.05, 3.63) is 27.7 Å². The highest BCUT2D eigenvalue weighted by molar-refractivity contribution is 7.09. The number of aryl methyl sites for hydroxylation is 1. The van der Waals surface area contributed by atoms with E-state index in [1.807, 2.05) is 13.0 Å². The number of aliphatic hydroxyl groups excluding tert-OH is 1. The van der Waals surface area contributed by atoms with Crippen LogP contribution in [-0.4, -0.2) is 16.2 Å². The summed E-state index contributed by atoms with van der Waals surface area (Å²) in [6.07, 6.45) is 4.60. The minimum atomic E-state index is -0.212. The quantitative estimate of drug-likeness (QED) is 0.733. The van der Waals surface area contributed by atoms with Gasteiger partial charge in [-0.3, -0.25) is 0 Å². The molecule has 70 valence electrons. The van der Waals surface area contributed by atoms with Crippen molar-refractivity contribution >= 4 is 11.3 Å². The molecule has 1 aromatic heterocycles. The molecular weight excluding hydrogens is 182 g/mol. The molecule has 0 fully saturated rings. The highest BCUT2D eigenvalue weighted by Crippen LogP contribution is 2.23. The topological polar surface area (TPSA) is 33.1 Å². The van der Waals surface area contributed by atoms with Gasteiger partial charge in [-0.1, -0.05) is 11.6 Å². The second kappa shape index (κ2) is 3.60. The molecule has 3 heteroatoms. The van der Waals surface area contributed by atoms with Crippen molar-refractivity contribution in [2.24, 2.45) is 0 Å². The summed E-state index contributed by atoms with van der Waals surface area (Å²) in [6, 6.07) is 0. The molecule has 1 unspecified atom stereocenters. The van der Waals surface area contributed by atoms with Crippen molar-refractivity contribution in [1.29, 1.82) is 0 Å². The first-order valence-electron chi connectivity index (χ1n) is 4.52. The monoisotopic (exact) mass is 195 g/mol. The van der Waals surface area contributed by atoms with Crippen LogP contribution in [0.5, 0.6) is 0 Å². The summed E-state index contributed by atoms with van der Waals surface area (Å²) in [5, 5.41) is 12.5. The molecule has 0 aromatic carbocycles. The van der Waals surface area contributed by atoms with Crippen LogP contribution in [0.4, 0.5) is 0 Å². The van der Waals surface area contributed by atoms with Crippen LogP contribution in [-0.2, 0) is 6.42 Å². The standard InChI is InChI=1S/C10H13NOS/c1-7-6-13-10(11-7)5-8-2-3-9(12)4-8/h4,6,9,12H,2-3,5H2,1H3. The Hall–Kier alpha value is -0.670. The van der Waals surface area contributed by atoms with Crippen LogP contribution < -0.4 is 0 Å². The van der Waals surface area contributed by atoms with Gasteiger partial charge in [0.2, 0.25) is 0 Å². The molecule has 0 amide bonds. The average molecular weight is 195 g/mol. The number of allylic oxidation sites excluding steroid dienone is 1. The first-order valence-corrected chi connectivity index (χ1v) is 5.40. The fourth-order valence-electron chi connectivity index (χ4n) is 1.60. The Kier molecular flexibility index (Phi) is 2.47. The van der Waals surface area contributed by atoms with Crippen molar-refractivity contribution in [2.75, 3.05) is 0 Å². The summed E-state index contributed by atoms with van der Waals surface area (Å²) >= 11 is 1.70. The molecule has 0 spiro atoms. The number of hydrogen-bond acceptors (Lipinski definition) is 3. The molecule has 2 nitrogen and oxygen atoms in total. The highest BCUT2D eigenvalue weighted by Gasteiger charge is 2.13. The first-order chi connectivity index (χ1) is 6.24. The van der Waals surface area contributed by atoms with Crippen molar-refractivity contribution in [3.8, 4) is 0 Å². The lowest BCUT2D eigenvalue weighted by Crippen LogP contribution is -1.93. The third-order valence-electron chi connectivity index (χ3n) is 2.23. The maximum atomic E-state index is 9.29. The second-order valence-electron chi connectivity index (χ2n) is 3.49. The van der Waals surface area contributed by atoms with Crippen molar-refractivity contribution < 1.29 is 5.11 Å². The van der Waals surface area contributed by atoms with Gasteiger partial charge in [-0.15, -0.1) is 11.3 Å². The normalized spacial score (nSPS) is 22.0. The van der Waals surface area contributed by atoms with E-state index in [0.717, 1.165) is 30.0 Å². The van der Waals surface area contributed by atoms with Gasteiger partial charge in [0, 0.05) is 17.5 Å². The van der Waals surface area contributed by atoms with Crippen LogP contribution in [0.2, 0.25) is 0 Å². The summed E-state index contributed by atoms with van der Waals surface area (Å²) in [5.41, 5.74) is 2.43. The van der Waals surface area contributed by atoms with Gasteiger partial charge in [0.05, 0.1) is 11.1 Å². The number of hydrogen-bond donors (Lipinski definition) is 1. The van der Waals surface area contributed by atoms with Crippen molar-refractivity contribution in [1.82, 2.24) is 4.98 Å². The Morgan fingerprint density at radius 2 is 2.54 bits per heavy atom. The van der Waals surface area contributed by atoms with Crippen LogP contribution in [0.1, 0.15) is 23.5 Å². The van der Waals surface area contributed by atoms with Gasteiger partial charge in [0.25, 0.3) is 0 Å². The zero-order valence-corrected chi connectivity index (χ0v) is 8.47. The Labute approximate surface area is 81.9 Å². The number of aliphatic hydroxyl groups is 1. The number of aromatic nitrogens is 1. The lowest BCUT2D eigenvalue weighted by molar-refractivity contribution is 0.223. The van der Waals surface area contributed by atoms with E-state index in [1.165, 1.54) is 5.57 Å². The first kappa shape index (κ1) is 8.91. The van der Waals surface area contributed by atoms with E-state index in [1.54, 1.807) is 11.3 Å². The largest absolute Gasteiger partial charge is 0.389 e. The molecular formula is C10H13NOS. The molecule has 1 heterocycles. The number of rotatable bonds is 2. The molecule has 0 saturated heterocycles. The number of nitrogens with zero attached hydrogens (tertiary/aromatic N) is 1. The predicted octanol–water partition coefficient (Wildman–Crippen LogP) is 2.08. The Morgan fingerprint density at radius 3 is 3.08 bits per heavy atom.